The van der Waals surface area contributed by atoms with Gasteiger partial charge in [-0.1, -0.05) is 48.0 Å². The first-order valence-electron chi connectivity index (χ1n) is 9.72. The fourth-order valence-corrected chi connectivity index (χ4v) is 3.19. The number of aliphatic hydroxyl groups excluding tert-OH is 1. The molecule has 0 spiro atoms. The number of halogens is 2. The number of carbonyl (C=O) groups excluding carboxylic acids is 2. The van der Waals surface area contributed by atoms with E-state index in [0.29, 0.717) is 11.6 Å². The number of amides is 3. The summed E-state index contributed by atoms with van der Waals surface area (Å²) in [5, 5.41) is 18.1. The van der Waals surface area contributed by atoms with Crippen molar-refractivity contribution in [1.29, 1.82) is 0 Å². The van der Waals surface area contributed by atoms with E-state index in [1.165, 1.54) is 18.2 Å². The van der Waals surface area contributed by atoms with Crippen molar-refractivity contribution in [1.82, 2.24) is 10.6 Å². The lowest BCUT2D eigenvalue weighted by atomic mass is 10.0. The fraction of sp³-hybridized carbons (Fsp3) is 0.273. The molecular weight excluding hydrogens is 425 g/mol. The van der Waals surface area contributed by atoms with Gasteiger partial charge in [-0.2, -0.15) is 0 Å². The van der Waals surface area contributed by atoms with Gasteiger partial charge in [-0.05, 0) is 29.8 Å². The molecule has 2 aromatic carbocycles. The highest BCUT2D eigenvalue weighted by molar-refractivity contribution is 6.30. The van der Waals surface area contributed by atoms with Crippen LogP contribution in [0.1, 0.15) is 12.0 Å². The number of aliphatic hydroxyl groups is 1. The molecule has 3 amide bonds. The van der Waals surface area contributed by atoms with Crippen LogP contribution in [-0.4, -0.2) is 41.9 Å². The Morgan fingerprint density at radius 3 is 2.55 bits per heavy atom. The smallest absolute Gasteiger partial charge is 0.319 e. The van der Waals surface area contributed by atoms with E-state index in [2.05, 4.69) is 16.0 Å². The Bertz CT molecular complexity index is 939. The summed E-state index contributed by atoms with van der Waals surface area (Å²) in [7, 11) is 0. The van der Waals surface area contributed by atoms with Gasteiger partial charge in [0, 0.05) is 11.6 Å². The highest BCUT2D eigenvalue weighted by atomic mass is 35.5. The molecule has 0 saturated heterocycles. The number of hydrogen-bond donors (Lipinski definition) is 4. The molecule has 31 heavy (non-hydrogen) atoms. The predicted molar refractivity (Wildman–Crippen MR) is 115 cm³/mol. The van der Waals surface area contributed by atoms with Crippen molar-refractivity contribution in [2.75, 3.05) is 11.9 Å². The number of ether oxygens (including phenoxy) is 1. The molecule has 0 saturated carbocycles. The van der Waals surface area contributed by atoms with Crippen molar-refractivity contribution in [2.45, 2.75) is 31.2 Å². The second-order valence-electron chi connectivity index (χ2n) is 6.99. The number of hydrogen-bond acceptors (Lipinski definition) is 4. The van der Waals surface area contributed by atoms with Gasteiger partial charge in [-0.25, -0.2) is 9.18 Å². The Morgan fingerprint density at radius 2 is 1.84 bits per heavy atom. The van der Waals surface area contributed by atoms with Crippen LogP contribution >= 0.6 is 11.6 Å². The van der Waals surface area contributed by atoms with Crippen molar-refractivity contribution in [3.63, 3.8) is 0 Å². The number of benzene rings is 2. The number of anilines is 1. The zero-order valence-corrected chi connectivity index (χ0v) is 17.3. The van der Waals surface area contributed by atoms with Gasteiger partial charge in [0.2, 0.25) is 5.91 Å². The van der Waals surface area contributed by atoms with Gasteiger partial charge in [-0.15, -0.1) is 0 Å². The van der Waals surface area contributed by atoms with Crippen LogP contribution in [0.15, 0.2) is 60.7 Å². The third-order valence-electron chi connectivity index (χ3n) is 4.67. The molecule has 164 valence electrons. The summed E-state index contributed by atoms with van der Waals surface area (Å²) in [4.78, 5) is 24.4. The van der Waals surface area contributed by atoms with Gasteiger partial charge in [0.15, 0.2) is 0 Å². The Kier molecular flexibility index (Phi) is 8.00. The molecule has 9 heteroatoms. The lowest BCUT2D eigenvalue weighted by Crippen LogP contribution is -2.50. The fourth-order valence-electron chi connectivity index (χ4n) is 3.07. The zero-order valence-electron chi connectivity index (χ0n) is 16.6. The first-order valence-corrected chi connectivity index (χ1v) is 10.1. The van der Waals surface area contributed by atoms with Crippen molar-refractivity contribution in [2.24, 2.45) is 0 Å². The van der Waals surface area contributed by atoms with Crippen molar-refractivity contribution < 1.29 is 23.8 Å². The van der Waals surface area contributed by atoms with Gasteiger partial charge < -0.3 is 25.8 Å². The number of rotatable bonds is 7. The maximum absolute atomic E-state index is 13.7. The number of para-hydroxylation sites is 1. The predicted octanol–water partition coefficient (Wildman–Crippen LogP) is 2.99. The molecule has 4 N–H and O–H groups in total. The van der Waals surface area contributed by atoms with E-state index in [9.17, 15) is 19.1 Å². The molecule has 1 aliphatic rings. The molecule has 0 aliphatic carbocycles. The standard InChI is InChI=1S/C22H23ClFN3O4/c23-15-7-5-14(6-8-15)12-25-21(29)11-16-9-10-19(20(13-28)31-16)27-22(30)26-18-4-2-1-3-17(18)24/h1-10,16,19-20,28H,11-13H2,(H,25,29)(H2,26,27,30)/t16-,19-,20-/m1/s1. The summed E-state index contributed by atoms with van der Waals surface area (Å²) >= 11 is 5.84. The summed E-state index contributed by atoms with van der Waals surface area (Å²) in [5.41, 5.74) is 0.952. The van der Waals surface area contributed by atoms with Gasteiger partial charge in [0.1, 0.15) is 11.9 Å². The van der Waals surface area contributed by atoms with Crippen LogP contribution in [0.3, 0.4) is 0 Å². The third kappa shape index (κ3) is 6.78. The third-order valence-corrected chi connectivity index (χ3v) is 4.92. The van der Waals surface area contributed by atoms with Gasteiger partial charge in [0.25, 0.3) is 0 Å². The van der Waals surface area contributed by atoms with E-state index in [0.717, 1.165) is 5.56 Å². The molecule has 3 atom stereocenters. The Hall–Kier alpha value is -2.94. The topological polar surface area (TPSA) is 99.7 Å². The maximum Gasteiger partial charge on any atom is 0.319 e. The molecule has 0 unspecified atom stereocenters. The molecule has 0 bridgehead atoms. The lowest BCUT2D eigenvalue weighted by molar-refractivity contribution is -0.125. The van der Waals surface area contributed by atoms with Crippen LogP contribution in [-0.2, 0) is 16.1 Å². The minimum Gasteiger partial charge on any atom is -0.394 e. The molecule has 1 heterocycles. The molecule has 0 aromatic heterocycles. The average molecular weight is 448 g/mol. The van der Waals surface area contributed by atoms with E-state index in [1.54, 1.807) is 30.4 Å². The lowest BCUT2D eigenvalue weighted by Gasteiger charge is -2.31. The van der Waals surface area contributed by atoms with Crippen molar-refractivity contribution in [3.8, 4) is 0 Å². The highest BCUT2D eigenvalue weighted by Crippen LogP contribution is 2.17. The zero-order chi connectivity index (χ0) is 22.2. The van der Waals surface area contributed by atoms with E-state index < -0.39 is 30.1 Å². The normalized spacial score (nSPS) is 20.2. The van der Waals surface area contributed by atoms with Crippen LogP contribution in [0.25, 0.3) is 0 Å². The average Bonchev–Trinajstić information content (AvgIpc) is 2.76. The SMILES string of the molecule is O=C(C[C@H]1C=C[C@@H](NC(=O)Nc2ccccc2F)[C@@H](CO)O1)NCc1ccc(Cl)cc1. The molecule has 2 aromatic rings. The molecular formula is C22H23ClFN3O4. The first-order chi connectivity index (χ1) is 14.9. The summed E-state index contributed by atoms with van der Waals surface area (Å²) in [6.45, 7) is -0.00581. The van der Waals surface area contributed by atoms with E-state index in [1.807, 2.05) is 12.1 Å². The maximum atomic E-state index is 13.7. The van der Waals surface area contributed by atoms with Gasteiger partial charge in [-0.3, -0.25) is 4.79 Å². The molecule has 1 aliphatic heterocycles. The number of carbonyl (C=O) groups is 2. The Balaban J connectivity index is 1.49. The monoisotopic (exact) mass is 447 g/mol. The second-order valence-corrected chi connectivity index (χ2v) is 7.43. The summed E-state index contributed by atoms with van der Waals surface area (Å²) in [6.07, 6.45) is 2.08. The van der Waals surface area contributed by atoms with Crippen LogP contribution < -0.4 is 16.0 Å². The minimum atomic E-state index is -0.745. The van der Waals surface area contributed by atoms with Crippen LogP contribution in [0.4, 0.5) is 14.9 Å². The summed E-state index contributed by atoms with van der Waals surface area (Å²) in [5.74, 6) is -0.776. The first kappa shape index (κ1) is 22.7. The van der Waals surface area contributed by atoms with E-state index in [4.69, 9.17) is 16.3 Å². The largest absolute Gasteiger partial charge is 0.394 e. The number of urea groups is 1. The van der Waals surface area contributed by atoms with Crippen LogP contribution in [0.2, 0.25) is 5.02 Å². The second kappa shape index (κ2) is 10.9. The van der Waals surface area contributed by atoms with Gasteiger partial charge in [0.05, 0.1) is 30.9 Å². The van der Waals surface area contributed by atoms with E-state index in [-0.39, 0.29) is 24.6 Å². The number of nitrogens with one attached hydrogen (secondary N) is 3. The molecule has 0 fully saturated rings. The molecule has 3 rings (SSSR count). The van der Waals surface area contributed by atoms with Crippen LogP contribution in [0.5, 0.6) is 0 Å². The minimum absolute atomic E-state index is 0.0384. The van der Waals surface area contributed by atoms with Gasteiger partial charge >= 0.3 is 6.03 Å². The van der Waals surface area contributed by atoms with Crippen molar-refractivity contribution in [3.05, 3.63) is 77.1 Å². The van der Waals surface area contributed by atoms with Crippen LogP contribution in [0, 0.1) is 5.82 Å². The molecule has 7 nitrogen and oxygen atoms in total. The van der Waals surface area contributed by atoms with Crippen molar-refractivity contribution >= 4 is 29.2 Å². The van der Waals surface area contributed by atoms with E-state index >= 15 is 0 Å². The quantitative estimate of drug-likeness (QED) is 0.490. The summed E-state index contributed by atoms with van der Waals surface area (Å²) in [6, 6.07) is 11.7. The Labute approximate surface area is 184 Å². The summed E-state index contributed by atoms with van der Waals surface area (Å²) < 4.78 is 19.4. The Morgan fingerprint density at radius 1 is 1.10 bits per heavy atom. The molecule has 0 radical (unpaired) electrons. The highest BCUT2D eigenvalue weighted by Gasteiger charge is 2.29.